The second-order valence-corrected chi connectivity index (χ2v) is 3.19. The fourth-order valence-corrected chi connectivity index (χ4v) is 1.42. The Kier molecular flexibility index (Phi) is 3.15. The number of hydrogen-bond donors (Lipinski definition) is 1. The molecule has 0 radical (unpaired) electrons. The molecule has 0 atom stereocenters. The molecule has 0 saturated heterocycles. The summed E-state index contributed by atoms with van der Waals surface area (Å²) < 4.78 is 0. The van der Waals surface area contributed by atoms with Gasteiger partial charge in [0.15, 0.2) is 0 Å². The van der Waals surface area contributed by atoms with Gasteiger partial charge in [0, 0.05) is 17.3 Å². The maximum absolute atomic E-state index is 10.2. The van der Waals surface area contributed by atoms with E-state index in [2.05, 4.69) is 22.0 Å². The molecular weight excluding hydrogens is 200 g/mol. The van der Waals surface area contributed by atoms with Crippen molar-refractivity contribution in [3.8, 4) is 23.1 Å². The van der Waals surface area contributed by atoms with Gasteiger partial charge in [0.2, 0.25) is 0 Å². The van der Waals surface area contributed by atoms with Gasteiger partial charge in [0.05, 0.1) is 12.1 Å². The highest BCUT2D eigenvalue weighted by molar-refractivity contribution is 5.68. The fourth-order valence-electron chi connectivity index (χ4n) is 1.42. The van der Waals surface area contributed by atoms with E-state index in [0.29, 0.717) is 0 Å². The predicted octanol–water partition coefficient (Wildman–Crippen LogP) is 2.02. The predicted molar refractivity (Wildman–Crippen MR) is 61.6 cm³/mol. The highest BCUT2D eigenvalue weighted by Gasteiger charge is 2.02. The zero-order valence-electron chi connectivity index (χ0n) is 8.60. The van der Waals surface area contributed by atoms with Crippen LogP contribution in [0.1, 0.15) is 12.0 Å². The Hall–Kier alpha value is -2.34. The van der Waals surface area contributed by atoms with Gasteiger partial charge in [-0.1, -0.05) is 30.0 Å². The van der Waals surface area contributed by atoms with Crippen LogP contribution in [0.15, 0.2) is 36.5 Å². The molecule has 0 aliphatic heterocycles. The summed E-state index contributed by atoms with van der Waals surface area (Å²) in [6.07, 6.45) is 2.76. The van der Waals surface area contributed by atoms with E-state index < -0.39 is 0 Å². The summed E-state index contributed by atoms with van der Waals surface area (Å²) >= 11 is 0. The van der Waals surface area contributed by atoms with Gasteiger partial charge >= 0.3 is 0 Å². The Morgan fingerprint density at radius 1 is 1.31 bits per heavy atom. The summed E-state index contributed by atoms with van der Waals surface area (Å²) in [6.45, 7) is 0. The van der Waals surface area contributed by atoms with Gasteiger partial charge < -0.3 is 4.79 Å². The second-order valence-electron chi connectivity index (χ2n) is 3.19. The average Bonchev–Trinajstić information content (AvgIpc) is 2.83. The first kappa shape index (κ1) is 10.2. The fraction of sp³-hybridized carbons (Fsp3) is 0.0769. The minimum Gasteiger partial charge on any atom is -0.302 e. The van der Waals surface area contributed by atoms with Crippen LogP contribution in [-0.4, -0.2) is 16.5 Å². The largest absolute Gasteiger partial charge is 0.302 e. The molecular formula is C13H10N2O. The Morgan fingerprint density at radius 3 is 2.94 bits per heavy atom. The van der Waals surface area contributed by atoms with Crippen molar-refractivity contribution in [1.29, 1.82) is 0 Å². The molecule has 16 heavy (non-hydrogen) atoms. The molecule has 0 unspecified atom stereocenters. The molecule has 1 N–H and O–H groups in total. The molecule has 1 heterocycles. The average molecular weight is 210 g/mol. The third kappa shape index (κ3) is 2.18. The summed E-state index contributed by atoms with van der Waals surface area (Å²) in [6, 6.07) is 9.65. The van der Waals surface area contributed by atoms with E-state index >= 15 is 0 Å². The minimum atomic E-state index is 0.261. The van der Waals surface area contributed by atoms with Crippen LogP contribution in [0.5, 0.6) is 0 Å². The standard InChI is InChI=1S/C13H10N2O/c16-10-4-3-6-11-5-1-2-7-12(11)13-8-9-14-15-13/h1-2,5,7-10H,4H2,(H,14,15). The van der Waals surface area contributed by atoms with Gasteiger partial charge in [-0.2, -0.15) is 5.10 Å². The van der Waals surface area contributed by atoms with Gasteiger partial charge in [-0.3, -0.25) is 5.10 Å². The van der Waals surface area contributed by atoms with E-state index in [9.17, 15) is 4.79 Å². The lowest BCUT2D eigenvalue weighted by Gasteiger charge is -2.00. The van der Waals surface area contributed by atoms with Crippen molar-refractivity contribution >= 4 is 6.29 Å². The van der Waals surface area contributed by atoms with E-state index in [4.69, 9.17) is 0 Å². The quantitative estimate of drug-likeness (QED) is 0.608. The number of aromatic amines is 1. The van der Waals surface area contributed by atoms with Gasteiger partial charge in [0.1, 0.15) is 6.29 Å². The number of rotatable bonds is 2. The van der Waals surface area contributed by atoms with E-state index in [0.717, 1.165) is 23.1 Å². The number of hydrogen-bond acceptors (Lipinski definition) is 2. The van der Waals surface area contributed by atoms with Crippen molar-refractivity contribution < 1.29 is 4.79 Å². The molecule has 3 heteroatoms. The SMILES string of the molecule is O=CCC#Cc1ccccc1-c1ccn[nH]1. The van der Waals surface area contributed by atoms with Gasteiger partial charge in [-0.25, -0.2) is 0 Å². The summed E-state index contributed by atoms with van der Waals surface area (Å²) in [4.78, 5) is 10.2. The first-order valence-electron chi connectivity index (χ1n) is 4.93. The van der Waals surface area contributed by atoms with Crippen molar-refractivity contribution in [1.82, 2.24) is 10.2 Å². The van der Waals surface area contributed by atoms with Crippen molar-refractivity contribution in [3.63, 3.8) is 0 Å². The molecule has 0 saturated carbocycles. The van der Waals surface area contributed by atoms with Gasteiger partial charge in [-0.05, 0) is 12.1 Å². The van der Waals surface area contributed by atoms with E-state index in [1.165, 1.54) is 0 Å². The molecule has 2 aromatic rings. The first-order chi connectivity index (χ1) is 7.92. The van der Waals surface area contributed by atoms with Crippen molar-refractivity contribution in [2.45, 2.75) is 6.42 Å². The highest BCUT2D eigenvalue weighted by Crippen LogP contribution is 2.20. The van der Waals surface area contributed by atoms with Crippen LogP contribution in [0.25, 0.3) is 11.3 Å². The zero-order chi connectivity index (χ0) is 11.2. The summed E-state index contributed by atoms with van der Waals surface area (Å²) in [7, 11) is 0. The Bertz CT molecular complexity index is 533. The number of nitrogens with zero attached hydrogens (tertiary/aromatic N) is 1. The molecule has 0 bridgehead atoms. The monoisotopic (exact) mass is 210 g/mol. The molecule has 2 rings (SSSR count). The number of carbonyl (C=O) groups excluding carboxylic acids is 1. The van der Waals surface area contributed by atoms with E-state index in [-0.39, 0.29) is 6.42 Å². The van der Waals surface area contributed by atoms with Crippen molar-refractivity contribution in [3.05, 3.63) is 42.1 Å². The number of carbonyl (C=O) groups is 1. The van der Waals surface area contributed by atoms with Gasteiger partial charge in [-0.15, -0.1) is 0 Å². The molecule has 78 valence electrons. The molecule has 0 fully saturated rings. The summed E-state index contributed by atoms with van der Waals surface area (Å²) in [5.74, 6) is 5.77. The topological polar surface area (TPSA) is 45.8 Å². The maximum Gasteiger partial charge on any atom is 0.131 e. The molecule has 3 nitrogen and oxygen atoms in total. The zero-order valence-corrected chi connectivity index (χ0v) is 8.60. The van der Waals surface area contributed by atoms with Crippen LogP contribution in [0.3, 0.4) is 0 Å². The molecule has 0 spiro atoms. The molecule has 1 aromatic heterocycles. The maximum atomic E-state index is 10.2. The Balaban J connectivity index is 2.40. The molecule has 0 aliphatic rings. The normalized spacial score (nSPS) is 9.25. The number of benzene rings is 1. The lowest BCUT2D eigenvalue weighted by atomic mass is 10.1. The highest BCUT2D eigenvalue weighted by atomic mass is 16.1. The van der Waals surface area contributed by atoms with Crippen molar-refractivity contribution in [2.24, 2.45) is 0 Å². The first-order valence-corrected chi connectivity index (χ1v) is 4.93. The van der Waals surface area contributed by atoms with Crippen LogP contribution in [-0.2, 0) is 4.79 Å². The number of aromatic nitrogens is 2. The van der Waals surface area contributed by atoms with E-state index in [1.54, 1.807) is 6.20 Å². The summed E-state index contributed by atoms with van der Waals surface area (Å²) in [5.41, 5.74) is 2.82. The van der Waals surface area contributed by atoms with Crippen LogP contribution in [0.2, 0.25) is 0 Å². The van der Waals surface area contributed by atoms with Crippen LogP contribution in [0.4, 0.5) is 0 Å². The minimum absolute atomic E-state index is 0.261. The van der Waals surface area contributed by atoms with Gasteiger partial charge in [0.25, 0.3) is 0 Å². The molecule has 0 amide bonds. The van der Waals surface area contributed by atoms with Crippen LogP contribution >= 0.6 is 0 Å². The third-order valence-corrected chi connectivity index (χ3v) is 2.13. The Morgan fingerprint density at radius 2 is 2.19 bits per heavy atom. The van der Waals surface area contributed by atoms with Crippen LogP contribution in [0, 0.1) is 11.8 Å². The smallest absolute Gasteiger partial charge is 0.131 e. The summed E-state index contributed by atoms with van der Waals surface area (Å²) in [5, 5.41) is 6.80. The number of nitrogens with one attached hydrogen (secondary N) is 1. The third-order valence-electron chi connectivity index (χ3n) is 2.13. The lowest BCUT2D eigenvalue weighted by molar-refractivity contribution is -0.107. The number of H-pyrrole nitrogens is 1. The lowest BCUT2D eigenvalue weighted by Crippen LogP contribution is -1.84. The number of aldehydes is 1. The molecule has 0 aliphatic carbocycles. The van der Waals surface area contributed by atoms with Crippen LogP contribution < -0.4 is 0 Å². The van der Waals surface area contributed by atoms with Crippen molar-refractivity contribution in [2.75, 3.05) is 0 Å². The second kappa shape index (κ2) is 4.94. The molecule has 1 aromatic carbocycles. The van der Waals surface area contributed by atoms with E-state index in [1.807, 2.05) is 30.3 Å². The Labute approximate surface area is 93.5 Å².